The maximum Gasteiger partial charge on any atom is 0.227 e. The molecule has 5 heteroatoms. The third kappa shape index (κ3) is 4.46. The highest BCUT2D eigenvalue weighted by atomic mass is 35.5. The molecular formula is C18H28ClN3O. The Morgan fingerprint density at radius 3 is 2.61 bits per heavy atom. The molecule has 128 valence electrons. The van der Waals surface area contributed by atoms with E-state index in [1.165, 1.54) is 23.1 Å². The second-order valence-electron chi connectivity index (χ2n) is 6.67. The molecular weight excluding hydrogens is 310 g/mol. The summed E-state index contributed by atoms with van der Waals surface area (Å²) >= 11 is 0. The van der Waals surface area contributed by atoms with E-state index >= 15 is 0 Å². The van der Waals surface area contributed by atoms with Crippen LogP contribution in [0.5, 0.6) is 0 Å². The number of nitrogens with zero attached hydrogens (tertiary/aromatic N) is 2. The molecule has 1 unspecified atom stereocenters. The lowest BCUT2D eigenvalue weighted by Crippen LogP contribution is -2.52. The maximum atomic E-state index is 12.6. The summed E-state index contributed by atoms with van der Waals surface area (Å²) in [4.78, 5) is 17.1. The van der Waals surface area contributed by atoms with Crippen LogP contribution in [-0.4, -0.2) is 61.0 Å². The van der Waals surface area contributed by atoms with E-state index in [-0.39, 0.29) is 18.3 Å². The molecule has 1 N–H and O–H groups in total. The van der Waals surface area contributed by atoms with Gasteiger partial charge in [-0.25, -0.2) is 0 Å². The van der Waals surface area contributed by atoms with E-state index in [2.05, 4.69) is 42.3 Å². The molecule has 4 nitrogen and oxygen atoms in total. The van der Waals surface area contributed by atoms with Crippen LogP contribution in [0.4, 0.5) is 0 Å². The van der Waals surface area contributed by atoms with E-state index in [0.29, 0.717) is 12.5 Å². The highest BCUT2D eigenvalue weighted by molar-refractivity contribution is 5.85. The molecule has 3 rings (SSSR count). The third-order valence-corrected chi connectivity index (χ3v) is 5.06. The molecule has 23 heavy (non-hydrogen) atoms. The average molecular weight is 338 g/mol. The van der Waals surface area contributed by atoms with Crippen molar-refractivity contribution in [2.75, 3.05) is 39.3 Å². The third-order valence-electron chi connectivity index (χ3n) is 5.06. The summed E-state index contributed by atoms with van der Waals surface area (Å²) in [6.07, 6.45) is 1.79. The van der Waals surface area contributed by atoms with Crippen LogP contribution in [0.25, 0.3) is 0 Å². The Kier molecular flexibility index (Phi) is 6.45. The normalized spacial score (nSPS) is 22.0. The van der Waals surface area contributed by atoms with Gasteiger partial charge >= 0.3 is 0 Å². The fourth-order valence-electron chi connectivity index (χ4n) is 3.55. The minimum absolute atomic E-state index is 0. The largest absolute Gasteiger partial charge is 0.340 e. The first-order valence-electron chi connectivity index (χ1n) is 8.42. The number of piperazine rings is 1. The van der Waals surface area contributed by atoms with Crippen molar-refractivity contribution >= 4 is 18.3 Å². The summed E-state index contributed by atoms with van der Waals surface area (Å²) in [5.41, 5.74) is 3.62. The summed E-state index contributed by atoms with van der Waals surface area (Å²) in [6, 6.07) is 7.05. The highest BCUT2D eigenvalue weighted by Gasteiger charge is 2.27. The lowest BCUT2D eigenvalue weighted by molar-refractivity contribution is -0.132. The van der Waals surface area contributed by atoms with Crippen LogP contribution in [0.15, 0.2) is 18.2 Å². The predicted octanol–water partition coefficient (Wildman–Crippen LogP) is 1.77. The van der Waals surface area contributed by atoms with E-state index in [9.17, 15) is 4.79 Å². The lowest BCUT2D eigenvalue weighted by Gasteiger charge is -2.38. The van der Waals surface area contributed by atoms with Gasteiger partial charge in [-0.3, -0.25) is 9.69 Å². The second-order valence-corrected chi connectivity index (χ2v) is 6.67. The van der Waals surface area contributed by atoms with Crippen LogP contribution in [0.2, 0.25) is 0 Å². The van der Waals surface area contributed by atoms with E-state index < -0.39 is 0 Å². The fourth-order valence-corrected chi connectivity index (χ4v) is 3.55. The molecule has 0 aromatic heterocycles. The van der Waals surface area contributed by atoms with E-state index in [4.69, 9.17) is 0 Å². The van der Waals surface area contributed by atoms with Crippen molar-refractivity contribution in [1.29, 1.82) is 0 Å². The zero-order valence-corrected chi connectivity index (χ0v) is 15.0. The SMILES string of the molecule is Cc1ccc(C)c(CC(=O)N2CCN(C3CCNC3)CC2)c1.Cl. The first kappa shape index (κ1) is 18.2. The molecule has 2 aliphatic heterocycles. The van der Waals surface area contributed by atoms with Gasteiger partial charge in [-0.15, -0.1) is 12.4 Å². The van der Waals surface area contributed by atoms with Gasteiger partial charge in [0.05, 0.1) is 6.42 Å². The van der Waals surface area contributed by atoms with Gasteiger partial charge in [-0.1, -0.05) is 23.8 Å². The van der Waals surface area contributed by atoms with Crippen LogP contribution in [0, 0.1) is 13.8 Å². The molecule has 0 spiro atoms. The number of amides is 1. The molecule has 1 amide bonds. The van der Waals surface area contributed by atoms with Crippen LogP contribution < -0.4 is 5.32 Å². The topological polar surface area (TPSA) is 35.6 Å². The summed E-state index contributed by atoms with van der Waals surface area (Å²) < 4.78 is 0. The number of carbonyl (C=O) groups excluding carboxylic acids is 1. The molecule has 0 bridgehead atoms. The van der Waals surface area contributed by atoms with E-state index in [0.717, 1.165) is 39.3 Å². The summed E-state index contributed by atoms with van der Waals surface area (Å²) in [5.74, 6) is 0.276. The Morgan fingerprint density at radius 1 is 1.22 bits per heavy atom. The van der Waals surface area contributed by atoms with Gasteiger partial charge in [0.1, 0.15) is 0 Å². The molecule has 0 saturated carbocycles. The van der Waals surface area contributed by atoms with Crippen molar-refractivity contribution in [3.63, 3.8) is 0 Å². The van der Waals surface area contributed by atoms with Gasteiger partial charge in [-0.2, -0.15) is 0 Å². The van der Waals surface area contributed by atoms with Crippen LogP contribution in [0.3, 0.4) is 0 Å². The first-order chi connectivity index (χ1) is 10.6. The van der Waals surface area contributed by atoms with Crippen LogP contribution in [0.1, 0.15) is 23.1 Å². The van der Waals surface area contributed by atoms with Crippen LogP contribution in [-0.2, 0) is 11.2 Å². The zero-order valence-electron chi connectivity index (χ0n) is 14.2. The highest BCUT2D eigenvalue weighted by Crippen LogP contribution is 2.15. The Hall–Kier alpha value is -1.10. The van der Waals surface area contributed by atoms with Crippen molar-refractivity contribution in [3.05, 3.63) is 34.9 Å². The van der Waals surface area contributed by atoms with Crippen molar-refractivity contribution in [2.24, 2.45) is 0 Å². The standard InChI is InChI=1S/C18H27N3O.ClH/c1-14-3-4-15(2)16(11-14)12-18(22)21-9-7-20(8-10-21)17-5-6-19-13-17;/h3-4,11,17,19H,5-10,12-13H2,1-2H3;1H. The number of nitrogens with one attached hydrogen (secondary N) is 1. The average Bonchev–Trinajstić information content (AvgIpc) is 3.05. The summed E-state index contributed by atoms with van der Waals surface area (Å²) in [5, 5.41) is 3.43. The molecule has 2 heterocycles. The number of halogens is 1. The lowest BCUT2D eigenvalue weighted by atomic mass is 10.0. The van der Waals surface area contributed by atoms with Gasteiger partial charge in [0.25, 0.3) is 0 Å². The smallest absolute Gasteiger partial charge is 0.227 e. The van der Waals surface area contributed by atoms with Crippen molar-refractivity contribution in [3.8, 4) is 0 Å². The summed E-state index contributed by atoms with van der Waals surface area (Å²) in [6.45, 7) is 10.2. The molecule has 2 saturated heterocycles. The predicted molar refractivity (Wildman–Crippen MR) is 96.3 cm³/mol. The molecule has 1 aromatic carbocycles. The quantitative estimate of drug-likeness (QED) is 0.913. The van der Waals surface area contributed by atoms with Crippen molar-refractivity contribution in [1.82, 2.24) is 15.1 Å². The number of hydrogen-bond acceptors (Lipinski definition) is 3. The molecule has 0 aliphatic carbocycles. The summed E-state index contributed by atoms with van der Waals surface area (Å²) in [7, 11) is 0. The number of carbonyl (C=O) groups is 1. The van der Waals surface area contributed by atoms with Gasteiger partial charge in [0.2, 0.25) is 5.91 Å². The Balaban J connectivity index is 0.00000192. The Labute approximate surface area is 145 Å². The van der Waals surface area contributed by atoms with Crippen molar-refractivity contribution < 1.29 is 4.79 Å². The van der Waals surface area contributed by atoms with E-state index in [1.54, 1.807) is 0 Å². The van der Waals surface area contributed by atoms with Crippen LogP contribution >= 0.6 is 12.4 Å². The Bertz CT molecular complexity index is 535. The zero-order chi connectivity index (χ0) is 15.5. The molecule has 1 atom stereocenters. The number of aryl methyl sites for hydroxylation is 2. The Morgan fingerprint density at radius 2 is 1.96 bits per heavy atom. The molecule has 1 aromatic rings. The van der Waals surface area contributed by atoms with Gasteiger partial charge in [0.15, 0.2) is 0 Å². The van der Waals surface area contributed by atoms with Gasteiger partial charge in [-0.05, 0) is 37.9 Å². The second kappa shape index (κ2) is 8.13. The minimum Gasteiger partial charge on any atom is -0.340 e. The number of benzene rings is 1. The van der Waals surface area contributed by atoms with Crippen molar-refractivity contribution in [2.45, 2.75) is 32.7 Å². The minimum atomic E-state index is 0. The monoisotopic (exact) mass is 337 g/mol. The molecule has 2 aliphatic rings. The molecule has 0 radical (unpaired) electrons. The van der Waals surface area contributed by atoms with E-state index in [1.807, 2.05) is 4.90 Å². The first-order valence-corrected chi connectivity index (χ1v) is 8.42. The fraction of sp³-hybridized carbons (Fsp3) is 0.611. The van der Waals surface area contributed by atoms with Gasteiger partial charge in [0, 0.05) is 38.8 Å². The number of hydrogen-bond donors (Lipinski definition) is 1. The molecule has 2 fully saturated rings. The van der Waals surface area contributed by atoms with Gasteiger partial charge < -0.3 is 10.2 Å². The number of rotatable bonds is 3. The maximum absolute atomic E-state index is 12.6.